The van der Waals surface area contributed by atoms with Crippen molar-refractivity contribution in [2.24, 2.45) is 0 Å². The van der Waals surface area contributed by atoms with Gasteiger partial charge in [-0.25, -0.2) is 37.5 Å². The van der Waals surface area contributed by atoms with Crippen LogP contribution in [0.25, 0.3) is 0 Å². The predicted molar refractivity (Wildman–Crippen MR) is 556 cm³/mol. The van der Waals surface area contributed by atoms with Crippen molar-refractivity contribution in [2.75, 3.05) is 126 Å². The Morgan fingerprint density at radius 3 is 0.750 bits per heavy atom. The van der Waals surface area contributed by atoms with Crippen molar-refractivity contribution >= 4 is 47.1 Å². The number of aliphatic carboxylic acids is 4. The van der Waals surface area contributed by atoms with Crippen LogP contribution in [0.15, 0.2) is 146 Å². The minimum Gasteiger partial charge on any atom is -0.480 e. The Morgan fingerprint density at radius 2 is 0.541 bits per heavy atom. The number of carboxylic acids is 4. The van der Waals surface area contributed by atoms with Gasteiger partial charge >= 0.3 is 23.9 Å². The van der Waals surface area contributed by atoms with Crippen molar-refractivity contribution in [1.29, 1.82) is 0 Å². The highest BCUT2D eigenvalue weighted by Crippen LogP contribution is 2.44. The minimum atomic E-state index is -0.959. The number of anilines is 4. The number of ether oxygens (including phenoxy) is 8. The monoisotopic (exact) mass is 2050 g/mol. The highest BCUT2D eigenvalue weighted by molar-refractivity contribution is 5.78. The van der Waals surface area contributed by atoms with Gasteiger partial charge in [0.15, 0.2) is 0 Å². The summed E-state index contributed by atoms with van der Waals surface area (Å²) in [6, 6.07) is 32.7. The fourth-order valence-corrected chi connectivity index (χ4v) is 24.0. The van der Waals surface area contributed by atoms with Crippen LogP contribution in [0.5, 0.6) is 0 Å². The predicted octanol–water partition coefficient (Wildman–Crippen LogP) is 21.1. The molecule has 0 aliphatic carbocycles. The summed E-state index contributed by atoms with van der Waals surface area (Å²) in [4.78, 5) is 75.1. The summed E-state index contributed by atoms with van der Waals surface area (Å²) in [5, 5.41) is 54.9. The van der Waals surface area contributed by atoms with E-state index in [4.69, 9.17) is 37.9 Å². The van der Waals surface area contributed by atoms with Crippen LogP contribution in [-0.4, -0.2) is 238 Å². The van der Waals surface area contributed by atoms with Gasteiger partial charge in [0.25, 0.3) is 0 Å². The molecule has 32 heteroatoms. The summed E-state index contributed by atoms with van der Waals surface area (Å²) in [5.41, 5.74) is 10.4. The SMILES string of the molecule is O=C(O)[C@@H](c1cc(F)ccc1[C@@H]1CCCCO1)N1CC[C@@H](OCCCC[C@@H]2CCc3cccnc3N2)C1.O=C(O)[C@@H](c1cc(F)ccc1[C@@H]1CCCCO1)N1CC[C@@H](OCCCC[C@H]2CCc3cccnc3N2)C1.O=C(O)[C@H](c1cc(F)ccc1[C@@H]1CCCCO1)N1CC[C@@H](OCCCCC2CCc3cccnc3N2)C1.O=C(O)[C@H](c1cc(F)ccc1[C@@H]1CCCCO1)N1CC[C@@H](OCCCC[C@H]2CCc3cccnc3N2)C1. The van der Waals surface area contributed by atoms with E-state index in [9.17, 15) is 57.2 Å². The summed E-state index contributed by atoms with van der Waals surface area (Å²) < 4.78 is 105. The molecule has 20 rings (SSSR count). The number of benzene rings is 4. The fourth-order valence-electron chi connectivity index (χ4n) is 24.0. The lowest BCUT2D eigenvalue weighted by Crippen LogP contribution is -2.34. The first-order valence-electron chi connectivity index (χ1n) is 55.1. The number of hydrogen-bond acceptors (Lipinski definition) is 24. The summed E-state index contributed by atoms with van der Waals surface area (Å²) in [5.74, 6) is -1.43. The quantitative estimate of drug-likeness (QED) is 0.0131. The molecule has 12 aliphatic heterocycles. The van der Waals surface area contributed by atoms with Gasteiger partial charge in [0.1, 0.15) is 70.7 Å². The largest absolute Gasteiger partial charge is 0.480 e. The third-order valence-corrected chi connectivity index (χ3v) is 31.8. The Labute approximate surface area is 868 Å². The van der Waals surface area contributed by atoms with Crippen LogP contribution in [0.4, 0.5) is 40.8 Å². The number of aromatic nitrogens is 4. The average Bonchev–Trinajstić information content (AvgIpc) is 1.29. The second kappa shape index (κ2) is 55.2. The Balaban J connectivity index is 0.000000135. The van der Waals surface area contributed by atoms with E-state index < -0.39 is 71.3 Å². The molecule has 8 aromatic rings. The molecule has 0 amide bonds. The molecular formula is C116H152F4N12O16. The Morgan fingerprint density at radius 1 is 0.311 bits per heavy atom. The van der Waals surface area contributed by atoms with Gasteiger partial charge in [-0.2, -0.15) is 0 Å². The number of pyridine rings is 4. The summed E-state index contributed by atoms with van der Waals surface area (Å²) in [6.45, 7) is 9.85. The zero-order chi connectivity index (χ0) is 102. The standard InChI is InChI=1S/4C29H38FN3O4/c4*30-21-10-12-24(26-8-2-4-17-37-26)25(18-21)27(29(34)35)33-15-13-23(19-33)36-16-3-1-7-22-11-9-20-6-5-14-31-28(20)32-22/h4*5-6,10,12,14,18,22-23,26-27H,1-4,7-9,11,13,15-17,19H2,(H,31,32)(H,34,35)/t22?,23-,26+,27+;22-,23+,26-,27+;22-,23+,26-,27-;22-,23-,26+,27-/m1001/s1. The molecular weight excluding hydrogens is 1890 g/mol. The second-order valence-electron chi connectivity index (χ2n) is 42.1. The van der Waals surface area contributed by atoms with Gasteiger partial charge in [0.05, 0.1) is 48.8 Å². The van der Waals surface area contributed by atoms with Gasteiger partial charge < -0.3 is 79.6 Å². The third kappa shape index (κ3) is 30.2. The highest BCUT2D eigenvalue weighted by atomic mass is 19.1. The van der Waals surface area contributed by atoms with E-state index in [2.05, 4.69) is 65.5 Å². The zero-order valence-corrected chi connectivity index (χ0v) is 85.6. The molecule has 16 atom stereocenters. The number of unbranched alkanes of at least 4 members (excludes halogenated alkanes) is 4. The van der Waals surface area contributed by atoms with Crippen molar-refractivity contribution in [1.82, 2.24) is 39.5 Å². The number of halogens is 4. The lowest BCUT2D eigenvalue weighted by Gasteiger charge is -2.30. The van der Waals surface area contributed by atoms with E-state index in [0.717, 1.165) is 277 Å². The first kappa shape index (κ1) is 109. The number of fused-ring (bicyclic) bond motifs is 4. The summed E-state index contributed by atoms with van der Waals surface area (Å²) >= 11 is 0. The van der Waals surface area contributed by atoms with Crippen LogP contribution in [0.1, 0.15) is 321 Å². The molecule has 0 saturated carbocycles. The third-order valence-electron chi connectivity index (χ3n) is 31.8. The first-order valence-corrected chi connectivity index (χ1v) is 55.1. The Bertz CT molecular complexity index is 4910. The number of nitrogens with one attached hydrogen (secondary N) is 4. The molecule has 16 heterocycles. The summed E-state index contributed by atoms with van der Waals surface area (Å²) in [6.07, 6.45) is 42.5. The normalized spacial score (nSPS) is 24.8. The van der Waals surface area contributed by atoms with Gasteiger partial charge in [-0.3, -0.25) is 38.8 Å². The smallest absolute Gasteiger partial charge is 0.325 e. The molecule has 0 radical (unpaired) electrons. The molecule has 800 valence electrons. The maximum Gasteiger partial charge on any atom is 0.325 e. The van der Waals surface area contributed by atoms with Gasteiger partial charge in [-0.1, -0.05) is 48.5 Å². The molecule has 8 N–H and O–H groups in total. The van der Waals surface area contributed by atoms with E-state index in [1.807, 2.05) is 68.7 Å². The van der Waals surface area contributed by atoms with Crippen molar-refractivity contribution < 1.29 is 95.1 Å². The lowest BCUT2D eigenvalue weighted by molar-refractivity contribution is -0.144. The number of rotatable bonds is 40. The number of hydrogen-bond donors (Lipinski definition) is 8. The van der Waals surface area contributed by atoms with Crippen LogP contribution in [-0.2, 0) is 82.8 Å². The van der Waals surface area contributed by atoms with Gasteiger partial charge in [0, 0.05) is 154 Å². The van der Waals surface area contributed by atoms with Crippen molar-refractivity contribution in [3.8, 4) is 0 Å². The molecule has 0 spiro atoms. The van der Waals surface area contributed by atoms with Crippen LogP contribution in [0.3, 0.4) is 0 Å². The van der Waals surface area contributed by atoms with E-state index in [1.54, 1.807) is 24.3 Å². The molecule has 4 aromatic heterocycles. The fraction of sp³-hybridized carbons (Fsp3) is 0.586. The number of nitrogens with zero attached hydrogens (tertiary/aromatic N) is 8. The van der Waals surface area contributed by atoms with Crippen LogP contribution >= 0.6 is 0 Å². The topological polar surface area (TPSA) is 336 Å². The molecule has 8 saturated heterocycles. The molecule has 4 aromatic carbocycles. The van der Waals surface area contributed by atoms with E-state index in [0.29, 0.717) is 152 Å². The molecule has 1 unspecified atom stereocenters. The maximum atomic E-state index is 14.3. The maximum absolute atomic E-state index is 14.3. The number of carboxylic acid groups (broad SMARTS) is 4. The Kier molecular flexibility index (Phi) is 40.7. The van der Waals surface area contributed by atoms with Crippen molar-refractivity contribution in [3.63, 3.8) is 0 Å². The van der Waals surface area contributed by atoms with Crippen LogP contribution in [0.2, 0.25) is 0 Å². The van der Waals surface area contributed by atoms with E-state index >= 15 is 0 Å². The second-order valence-corrected chi connectivity index (χ2v) is 42.1. The van der Waals surface area contributed by atoms with Gasteiger partial charge in [0.2, 0.25) is 0 Å². The first-order chi connectivity index (χ1) is 72.3. The summed E-state index contributed by atoms with van der Waals surface area (Å²) in [7, 11) is 0. The van der Waals surface area contributed by atoms with Crippen LogP contribution in [0, 0.1) is 23.3 Å². The Hall–Kier alpha value is -10.2. The van der Waals surface area contributed by atoms with Crippen molar-refractivity contribution in [3.05, 3.63) is 236 Å². The average molecular weight is 2050 g/mol. The number of aryl methyl sites for hydroxylation is 4. The highest BCUT2D eigenvalue weighted by Gasteiger charge is 2.43. The van der Waals surface area contributed by atoms with E-state index in [-0.39, 0.29) is 48.8 Å². The molecule has 28 nitrogen and oxygen atoms in total. The van der Waals surface area contributed by atoms with Crippen molar-refractivity contribution in [2.45, 2.75) is 328 Å². The molecule has 8 fully saturated rings. The number of carbonyl (C=O) groups is 4. The molecule has 0 bridgehead atoms. The van der Waals surface area contributed by atoms with Crippen LogP contribution < -0.4 is 21.3 Å². The van der Waals surface area contributed by atoms with Gasteiger partial charge in [-0.05, 0) is 371 Å². The molecule has 148 heavy (non-hydrogen) atoms. The molecule has 12 aliphatic rings. The minimum absolute atomic E-state index is 0.00586. The zero-order valence-electron chi connectivity index (χ0n) is 85.6. The van der Waals surface area contributed by atoms with E-state index in [1.165, 1.54) is 70.8 Å². The lowest BCUT2D eigenvalue weighted by atomic mass is 9.92. The van der Waals surface area contributed by atoms with Gasteiger partial charge in [-0.15, -0.1) is 0 Å². The number of likely N-dealkylation sites (tertiary alicyclic amines) is 4.